The molecule has 7 heteroatoms. The fourth-order valence-electron chi connectivity index (χ4n) is 7.76. The molecule has 2 fully saturated rings. The molecule has 1 spiro atoms. The predicted molar refractivity (Wildman–Crippen MR) is 153 cm³/mol. The zero-order valence-corrected chi connectivity index (χ0v) is 24.7. The van der Waals surface area contributed by atoms with E-state index in [9.17, 15) is 18.4 Å². The quantitative estimate of drug-likeness (QED) is 0.503. The molecule has 1 aliphatic carbocycles. The minimum absolute atomic E-state index is 0.0467. The van der Waals surface area contributed by atoms with Gasteiger partial charge in [0.1, 0.15) is 11.6 Å². The van der Waals surface area contributed by atoms with Crippen LogP contribution in [0.2, 0.25) is 0 Å². The molecule has 0 radical (unpaired) electrons. The van der Waals surface area contributed by atoms with Crippen LogP contribution in [0.25, 0.3) is 0 Å². The minimum atomic E-state index is -0.608. The number of carbonyl (C=O) groups excluding carboxylic acids is 2. The minimum Gasteiger partial charge on any atom is -0.342 e. The Balaban J connectivity index is 1.42. The Morgan fingerprint density at radius 2 is 1.70 bits per heavy atom. The SMILES string of the molecule is CC(=O)N(C(C)C)[C@@H]1Cc2ccccc2C12CCN(C(=O)[C@@H]1CN(C(C)(C)C)C[C@H]1c1ccc(F)cc1F)CC2. The highest BCUT2D eigenvalue weighted by atomic mass is 19.1. The molecule has 216 valence electrons. The Morgan fingerprint density at radius 1 is 1.02 bits per heavy atom. The van der Waals surface area contributed by atoms with E-state index in [1.165, 1.54) is 23.3 Å². The predicted octanol–water partition coefficient (Wildman–Crippen LogP) is 5.52. The number of rotatable bonds is 4. The van der Waals surface area contributed by atoms with Gasteiger partial charge < -0.3 is 9.80 Å². The van der Waals surface area contributed by atoms with Crippen molar-refractivity contribution in [2.75, 3.05) is 26.2 Å². The number of likely N-dealkylation sites (tertiary alicyclic amines) is 2. The fourth-order valence-corrected chi connectivity index (χ4v) is 7.76. The zero-order valence-electron chi connectivity index (χ0n) is 24.7. The van der Waals surface area contributed by atoms with Gasteiger partial charge in [-0.3, -0.25) is 14.5 Å². The molecule has 2 saturated heterocycles. The maximum atomic E-state index is 15.0. The van der Waals surface area contributed by atoms with Gasteiger partial charge in [-0.25, -0.2) is 8.78 Å². The molecule has 0 saturated carbocycles. The third kappa shape index (κ3) is 4.95. The van der Waals surface area contributed by atoms with Gasteiger partial charge in [0, 0.05) is 68.1 Å². The second-order valence-electron chi connectivity index (χ2n) is 13.3. The molecule has 0 aromatic heterocycles. The molecule has 40 heavy (non-hydrogen) atoms. The van der Waals surface area contributed by atoms with Crippen molar-refractivity contribution >= 4 is 11.8 Å². The average Bonchev–Trinajstić information content (AvgIpc) is 3.45. The van der Waals surface area contributed by atoms with Gasteiger partial charge in [-0.2, -0.15) is 0 Å². The van der Waals surface area contributed by atoms with Crippen LogP contribution < -0.4 is 0 Å². The summed E-state index contributed by atoms with van der Waals surface area (Å²) in [6.45, 7) is 14.4. The molecule has 5 rings (SSSR count). The van der Waals surface area contributed by atoms with Crippen molar-refractivity contribution in [2.24, 2.45) is 5.92 Å². The second-order valence-corrected chi connectivity index (χ2v) is 13.3. The first kappa shape index (κ1) is 28.7. The van der Waals surface area contributed by atoms with E-state index in [4.69, 9.17) is 0 Å². The maximum Gasteiger partial charge on any atom is 0.227 e. The van der Waals surface area contributed by atoms with E-state index < -0.39 is 17.6 Å². The first-order valence-corrected chi connectivity index (χ1v) is 14.7. The van der Waals surface area contributed by atoms with Crippen LogP contribution >= 0.6 is 0 Å². The number of benzene rings is 2. The summed E-state index contributed by atoms with van der Waals surface area (Å²) in [5, 5.41) is 0. The lowest BCUT2D eigenvalue weighted by Crippen LogP contribution is -2.58. The van der Waals surface area contributed by atoms with Gasteiger partial charge in [-0.15, -0.1) is 0 Å². The van der Waals surface area contributed by atoms with Crippen molar-refractivity contribution in [1.29, 1.82) is 0 Å². The van der Waals surface area contributed by atoms with Crippen LogP contribution in [0.3, 0.4) is 0 Å². The molecule has 3 atom stereocenters. The van der Waals surface area contributed by atoms with Crippen LogP contribution in [0.15, 0.2) is 42.5 Å². The summed E-state index contributed by atoms with van der Waals surface area (Å²) < 4.78 is 28.7. The molecule has 2 aromatic carbocycles. The Hall–Kier alpha value is -2.80. The smallest absolute Gasteiger partial charge is 0.227 e. The Morgan fingerprint density at radius 3 is 2.30 bits per heavy atom. The van der Waals surface area contributed by atoms with Gasteiger partial charge in [-0.1, -0.05) is 30.3 Å². The molecule has 2 heterocycles. The highest BCUT2D eigenvalue weighted by Crippen LogP contribution is 2.49. The first-order valence-electron chi connectivity index (χ1n) is 14.7. The first-order chi connectivity index (χ1) is 18.8. The van der Waals surface area contributed by atoms with Crippen molar-refractivity contribution in [3.05, 3.63) is 70.8 Å². The third-order valence-corrected chi connectivity index (χ3v) is 9.78. The van der Waals surface area contributed by atoms with Crippen molar-refractivity contribution in [2.45, 2.75) is 89.8 Å². The van der Waals surface area contributed by atoms with Crippen molar-refractivity contribution in [1.82, 2.24) is 14.7 Å². The summed E-state index contributed by atoms with van der Waals surface area (Å²) in [7, 11) is 0. The van der Waals surface area contributed by atoms with Crippen LogP contribution in [-0.2, 0) is 21.4 Å². The summed E-state index contributed by atoms with van der Waals surface area (Å²) in [6, 6.07) is 12.4. The summed E-state index contributed by atoms with van der Waals surface area (Å²) in [5.74, 6) is -1.79. The van der Waals surface area contributed by atoms with E-state index in [-0.39, 0.29) is 40.8 Å². The summed E-state index contributed by atoms with van der Waals surface area (Å²) >= 11 is 0. The molecule has 2 aromatic rings. The molecule has 2 amide bonds. The number of hydrogen-bond acceptors (Lipinski definition) is 3. The van der Waals surface area contributed by atoms with Gasteiger partial charge in [0.25, 0.3) is 0 Å². The number of halogens is 2. The number of piperidine rings is 1. The zero-order chi connectivity index (χ0) is 29.0. The maximum absolute atomic E-state index is 15.0. The standard InChI is InChI=1S/C33H43F2N3O2/c1-21(2)38(22(3)39)30-17-23-9-7-8-10-28(23)33(30)13-15-36(16-14-33)31(40)27-20-37(32(4,5)6)19-26(27)25-12-11-24(34)18-29(25)35/h7-12,18,21,26-27,30H,13-17,19-20H2,1-6H3/t26-,27+,30+/m0/s1. The lowest BCUT2D eigenvalue weighted by atomic mass is 9.70. The largest absolute Gasteiger partial charge is 0.342 e. The molecular formula is C33H43F2N3O2. The van der Waals surface area contributed by atoms with E-state index >= 15 is 0 Å². The van der Waals surface area contributed by atoms with Gasteiger partial charge in [0.15, 0.2) is 0 Å². The topological polar surface area (TPSA) is 43.9 Å². The summed E-state index contributed by atoms with van der Waals surface area (Å²) in [6.07, 6.45) is 2.39. The van der Waals surface area contributed by atoms with E-state index in [0.717, 1.165) is 25.3 Å². The van der Waals surface area contributed by atoms with Crippen molar-refractivity contribution in [3.63, 3.8) is 0 Å². The van der Waals surface area contributed by atoms with E-state index in [2.05, 4.69) is 63.8 Å². The molecule has 0 N–H and O–H groups in total. The fraction of sp³-hybridized carbons (Fsp3) is 0.576. The van der Waals surface area contributed by atoms with Gasteiger partial charge >= 0.3 is 0 Å². The van der Waals surface area contributed by atoms with Crippen molar-refractivity contribution < 1.29 is 18.4 Å². The number of fused-ring (bicyclic) bond motifs is 2. The third-order valence-electron chi connectivity index (χ3n) is 9.78. The van der Waals surface area contributed by atoms with Crippen LogP contribution in [0.5, 0.6) is 0 Å². The Labute approximate surface area is 237 Å². The molecular weight excluding hydrogens is 508 g/mol. The van der Waals surface area contributed by atoms with Crippen LogP contribution in [0.4, 0.5) is 8.78 Å². The highest BCUT2D eigenvalue weighted by Gasteiger charge is 2.53. The monoisotopic (exact) mass is 551 g/mol. The normalized spacial score (nSPS) is 24.5. The van der Waals surface area contributed by atoms with Crippen LogP contribution in [-0.4, -0.2) is 70.3 Å². The second kappa shape index (κ2) is 10.6. The van der Waals surface area contributed by atoms with Crippen LogP contribution in [0.1, 0.15) is 77.0 Å². The number of nitrogens with zero attached hydrogens (tertiary/aromatic N) is 3. The number of amides is 2. The lowest BCUT2D eigenvalue weighted by molar-refractivity contribution is -0.140. The van der Waals surface area contributed by atoms with Gasteiger partial charge in [0.2, 0.25) is 11.8 Å². The highest BCUT2D eigenvalue weighted by molar-refractivity contribution is 5.81. The Kier molecular flexibility index (Phi) is 7.58. The van der Waals surface area contributed by atoms with E-state index in [1.54, 1.807) is 6.92 Å². The molecule has 0 unspecified atom stereocenters. The lowest BCUT2D eigenvalue weighted by Gasteiger charge is -2.48. The average molecular weight is 552 g/mol. The van der Waals surface area contributed by atoms with Crippen molar-refractivity contribution in [3.8, 4) is 0 Å². The van der Waals surface area contributed by atoms with Gasteiger partial charge in [-0.05, 0) is 76.6 Å². The number of carbonyl (C=O) groups is 2. The van der Waals surface area contributed by atoms with Gasteiger partial charge in [0.05, 0.1) is 5.92 Å². The number of hydrogen-bond donors (Lipinski definition) is 0. The molecule has 3 aliphatic rings. The molecule has 5 nitrogen and oxygen atoms in total. The van der Waals surface area contributed by atoms with E-state index in [1.807, 2.05) is 9.80 Å². The Bertz CT molecular complexity index is 1280. The van der Waals surface area contributed by atoms with E-state index in [0.29, 0.717) is 31.7 Å². The molecule has 2 aliphatic heterocycles. The molecule has 0 bridgehead atoms. The van der Waals surface area contributed by atoms with Crippen LogP contribution in [0, 0.1) is 17.6 Å². The summed E-state index contributed by atoms with van der Waals surface area (Å²) in [4.78, 5) is 33.2. The summed E-state index contributed by atoms with van der Waals surface area (Å²) in [5.41, 5.74) is 2.65.